The molecule has 1 aromatic heterocycles. The van der Waals surface area contributed by atoms with Gasteiger partial charge in [0.2, 0.25) is 0 Å². The summed E-state index contributed by atoms with van der Waals surface area (Å²) in [7, 11) is 1.88. The average molecular weight is 342 g/mol. The number of nitrogens with zero attached hydrogens (tertiary/aromatic N) is 1. The highest BCUT2D eigenvalue weighted by atomic mass is 79.9. The van der Waals surface area contributed by atoms with Crippen molar-refractivity contribution >= 4 is 27.5 Å². The second-order valence-electron chi connectivity index (χ2n) is 4.00. The van der Waals surface area contributed by atoms with Crippen LogP contribution in [0.2, 0.25) is 5.02 Å². The summed E-state index contributed by atoms with van der Waals surface area (Å²) in [6.45, 7) is 1.09. The Balaban J connectivity index is 2.10. The number of ether oxygens (including phenoxy) is 1. The van der Waals surface area contributed by atoms with Crippen molar-refractivity contribution in [2.24, 2.45) is 0 Å². The van der Waals surface area contributed by atoms with Gasteiger partial charge < -0.3 is 10.1 Å². The molecule has 100 valence electrons. The van der Waals surface area contributed by atoms with E-state index in [-0.39, 0.29) is 0 Å². The molecule has 0 aliphatic rings. The molecule has 0 unspecified atom stereocenters. The molecule has 1 N–H and O–H groups in total. The second-order valence-corrected chi connectivity index (χ2v) is 5.33. The number of benzene rings is 1. The second kappa shape index (κ2) is 6.89. The molecule has 2 rings (SSSR count). The van der Waals surface area contributed by atoms with Gasteiger partial charge in [0.05, 0.1) is 5.69 Å². The van der Waals surface area contributed by atoms with Gasteiger partial charge in [0.1, 0.15) is 12.4 Å². The molecule has 0 radical (unpaired) electrons. The molecule has 1 aromatic carbocycles. The first-order chi connectivity index (χ1) is 9.20. The van der Waals surface area contributed by atoms with Crippen LogP contribution in [0.1, 0.15) is 11.3 Å². The number of rotatable bonds is 5. The fraction of sp³-hybridized carbons (Fsp3) is 0.214. The summed E-state index contributed by atoms with van der Waals surface area (Å²) >= 11 is 9.52. The van der Waals surface area contributed by atoms with E-state index in [1.54, 1.807) is 6.20 Å². The third-order valence-electron chi connectivity index (χ3n) is 2.59. The molecule has 0 saturated heterocycles. The van der Waals surface area contributed by atoms with Crippen LogP contribution in [0.5, 0.6) is 5.75 Å². The molecular weight excluding hydrogens is 328 g/mol. The summed E-state index contributed by atoms with van der Waals surface area (Å²) in [6.07, 6.45) is 1.76. The molecule has 0 spiro atoms. The number of pyridine rings is 1. The fourth-order valence-corrected chi connectivity index (χ4v) is 2.13. The smallest absolute Gasteiger partial charge is 0.130 e. The first kappa shape index (κ1) is 14.3. The van der Waals surface area contributed by atoms with Gasteiger partial charge in [0.25, 0.3) is 0 Å². The molecule has 1 heterocycles. The summed E-state index contributed by atoms with van der Waals surface area (Å²) in [5, 5.41) is 3.79. The van der Waals surface area contributed by atoms with Gasteiger partial charge in [-0.3, -0.25) is 4.98 Å². The number of halogens is 2. The Bertz CT molecular complexity index is 546. The minimum absolute atomic E-state index is 0.421. The average Bonchev–Trinajstić information content (AvgIpc) is 2.41. The van der Waals surface area contributed by atoms with Crippen molar-refractivity contribution in [3.05, 3.63) is 57.3 Å². The van der Waals surface area contributed by atoms with E-state index < -0.39 is 0 Å². The highest BCUT2D eigenvalue weighted by molar-refractivity contribution is 9.10. The zero-order chi connectivity index (χ0) is 13.7. The van der Waals surface area contributed by atoms with Crippen molar-refractivity contribution < 1.29 is 4.74 Å². The highest BCUT2D eigenvalue weighted by Crippen LogP contribution is 2.26. The van der Waals surface area contributed by atoms with Crippen LogP contribution in [0.25, 0.3) is 0 Å². The predicted molar refractivity (Wildman–Crippen MR) is 80.5 cm³/mol. The van der Waals surface area contributed by atoms with Crippen LogP contribution in [0.4, 0.5) is 0 Å². The lowest BCUT2D eigenvalue weighted by atomic mass is 10.2. The van der Waals surface area contributed by atoms with Gasteiger partial charge in [0, 0.05) is 27.8 Å². The lowest BCUT2D eigenvalue weighted by molar-refractivity contribution is 0.297. The van der Waals surface area contributed by atoms with Crippen molar-refractivity contribution in [1.82, 2.24) is 10.3 Å². The molecule has 0 fully saturated rings. The minimum atomic E-state index is 0.421. The van der Waals surface area contributed by atoms with Gasteiger partial charge in [0.15, 0.2) is 0 Å². The van der Waals surface area contributed by atoms with Gasteiger partial charge in [-0.05, 0) is 47.2 Å². The van der Waals surface area contributed by atoms with Crippen molar-refractivity contribution in [1.29, 1.82) is 0 Å². The SMILES string of the molecule is CNCc1c(Cl)cccc1OCc1ccc(Br)cn1. The molecule has 0 aliphatic carbocycles. The third-order valence-corrected chi connectivity index (χ3v) is 3.42. The Morgan fingerprint density at radius 2 is 2.16 bits per heavy atom. The molecule has 5 heteroatoms. The largest absolute Gasteiger partial charge is 0.487 e. The first-order valence-corrected chi connectivity index (χ1v) is 7.03. The van der Waals surface area contributed by atoms with Crippen LogP contribution in [0.15, 0.2) is 41.0 Å². The fourth-order valence-electron chi connectivity index (χ4n) is 1.67. The maximum absolute atomic E-state index is 6.17. The molecule has 2 aromatic rings. The number of hydrogen-bond donors (Lipinski definition) is 1. The quantitative estimate of drug-likeness (QED) is 0.898. The van der Waals surface area contributed by atoms with Gasteiger partial charge in [-0.1, -0.05) is 17.7 Å². The summed E-state index contributed by atoms with van der Waals surface area (Å²) in [5.74, 6) is 0.784. The van der Waals surface area contributed by atoms with E-state index in [1.807, 2.05) is 37.4 Å². The van der Waals surface area contributed by atoms with Gasteiger partial charge in [-0.25, -0.2) is 0 Å². The summed E-state index contributed by atoms with van der Waals surface area (Å²) in [5.41, 5.74) is 1.84. The molecule has 0 bridgehead atoms. The van der Waals surface area contributed by atoms with E-state index in [4.69, 9.17) is 16.3 Å². The van der Waals surface area contributed by atoms with Crippen LogP contribution in [0.3, 0.4) is 0 Å². The van der Waals surface area contributed by atoms with E-state index in [2.05, 4.69) is 26.2 Å². The molecule has 0 aliphatic heterocycles. The third kappa shape index (κ3) is 3.93. The first-order valence-electron chi connectivity index (χ1n) is 5.86. The normalized spacial score (nSPS) is 10.5. The summed E-state index contributed by atoms with van der Waals surface area (Å²) in [6, 6.07) is 9.52. The Morgan fingerprint density at radius 3 is 2.84 bits per heavy atom. The Labute approximate surface area is 126 Å². The van der Waals surface area contributed by atoms with E-state index in [0.29, 0.717) is 18.2 Å². The number of hydrogen-bond acceptors (Lipinski definition) is 3. The van der Waals surface area contributed by atoms with Crippen molar-refractivity contribution in [2.75, 3.05) is 7.05 Å². The van der Waals surface area contributed by atoms with Crippen molar-refractivity contribution in [3.8, 4) is 5.75 Å². The van der Waals surface area contributed by atoms with E-state index in [1.165, 1.54) is 0 Å². The van der Waals surface area contributed by atoms with Gasteiger partial charge >= 0.3 is 0 Å². The van der Waals surface area contributed by atoms with E-state index in [9.17, 15) is 0 Å². The van der Waals surface area contributed by atoms with Crippen molar-refractivity contribution in [2.45, 2.75) is 13.2 Å². The van der Waals surface area contributed by atoms with Crippen LogP contribution in [-0.4, -0.2) is 12.0 Å². The molecule has 0 saturated carbocycles. The van der Waals surface area contributed by atoms with E-state index in [0.717, 1.165) is 21.5 Å². The summed E-state index contributed by atoms with van der Waals surface area (Å²) in [4.78, 5) is 4.27. The topological polar surface area (TPSA) is 34.1 Å². The maximum atomic E-state index is 6.17. The number of nitrogens with one attached hydrogen (secondary N) is 1. The van der Waals surface area contributed by atoms with Crippen LogP contribution in [0, 0.1) is 0 Å². The van der Waals surface area contributed by atoms with Crippen LogP contribution in [-0.2, 0) is 13.2 Å². The van der Waals surface area contributed by atoms with E-state index >= 15 is 0 Å². The lowest BCUT2D eigenvalue weighted by Gasteiger charge is -2.12. The monoisotopic (exact) mass is 340 g/mol. The molecule has 3 nitrogen and oxygen atoms in total. The Hall–Kier alpha value is -1.10. The predicted octanol–water partition coefficient (Wildman–Crippen LogP) is 3.80. The molecule has 0 atom stereocenters. The summed E-state index contributed by atoms with van der Waals surface area (Å²) < 4.78 is 6.75. The zero-order valence-electron chi connectivity index (χ0n) is 10.5. The molecule has 0 amide bonds. The van der Waals surface area contributed by atoms with Crippen molar-refractivity contribution in [3.63, 3.8) is 0 Å². The standard InChI is InChI=1S/C14H14BrClN2O/c1-17-8-12-13(16)3-2-4-14(12)19-9-11-6-5-10(15)7-18-11/h2-7,17H,8-9H2,1H3. The Morgan fingerprint density at radius 1 is 1.32 bits per heavy atom. The van der Waals surface area contributed by atoms with Gasteiger partial charge in [-0.2, -0.15) is 0 Å². The molecular formula is C14H14BrClN2O. The lowest BCUT2D eigenvalue weighted by Crippen LogP contribution is -2.08. The number of aromatic nitrogens is 1. The minimum Gasteiger partial charge on any atom is -0.487 e. The van der Waals surface area contributed by atoms with Gasteiger partial charge in [-0.15, -0.1) is 0 Å². The Kier molecular flexibility index (Phi) is 5.19. The van der Waals surface area contributed by atoms with Crippen LogP contribution >= 0.6 is 27.5 Å². The van der Waals surface area contributed by atoms with Crippen LogP contribution < -0.4 is 10.1 Å². The maximum Gasteiger partial charge on any atom is 0.130 e. The molecule has 19 heavy (non-hydrogen) atoms. The highest BCUT2D eigenvalue weighted by Gasteiger charge is 2.07. The zero-order valence-corrected chi connectivity index (χ0v) is 12.8.